The van der Waals surface area contributed by atoms with E-state index in [-0.39, 0.29) is 10.8 Å². The third-order valence-electron chi connectivity index (χ3n) is 3.34. The summed E-state index contributed by atoms with van der Waals surface area (Å²) in [5.41, 5.74) is 0.528. The molecule has 1 aliphatic rings. The molecule has 1 aromatic rings. The molecule has 0 aromatic heterocycles. The predicted octanol–water partition coefficient (Wildman–Crippen LogP) is 3.59. The van der Waals surface area contributed by atoms with E-state index >= 15 is 0 Å². The molecule has 22 heavy (non-hydrogen) atoms. The fraction of sp³-hybridized carbons (Fsp3) is 0.500. The molecule has 1 aromatic carbocycles. The summed E-state index contributed by atoms with van der Waals surface area (Å²) >= 11 is 0. The van der Waals surface area contributed by atoms with Crippen molar-refractivity contribution in [3.63, 3.8) is 0 Å². The van der Waals surface area contributed by atoms with Crippen molar-refractivity contribution in [2.75, 3.05) is 11.1 Å². The van der Waals surface area contributed by atoms with Crippen LogP contribution in [0.15, 0.2) is 29.2 Å². The van der Waals surface area contributed by atoms with E-state index in [9.17, 15) is 13.2 Å². The maximum absolute atomic E-state index is 11.8. The summed E-state index contributed by atoms with van der Waals surface area (Å²) in [5.74, 6) is 1.16. The van der Waals surface area contributed by atoms with Crippen LogP contribution in [-0.2, 0) is 14.9 Å². The van der Waals surface area contributed by atoms with E-state index in [1.165, 1.54) is 36.4 Å². The lowest BCUT2D eigenvalue weighted by Gasteiger charge is -2.08. The number of unbranched alkanes of at least 4 members (excludes halogenated alkanes) is 1. The molecule has 1 atom stereocenters. The van der Waals surface area contributed by atoms with Gasteiger partial charge in [-0.05, 0) is 43.5 Å². The fourth-order valence-corrected chi connectivity index (χ4v) is 5.66. The van der Waals surface area contributed by atoms with Gasteiger partial charge in [-0.1, -0.05) is 28.0 Å². The average molecular weight is 362 g/mol. The van der Waals surface area contributed by atoms with Crippen LogP contribution in [-0.4, -0.2) is 29.9 Å². The molecule has 1 saturated heterocycles. The number of anilines is 1. The van der Waals surface area contributed by atoms with Crippen molar-refractivity contribution in [2.45, 2.75) is 42.2 Å². The zero-order chi connectivity index (χ0) is 16.0. The molecule has 5 nitrogen and oxygen atoms in total. The van der Waals surface area contributed by atoms with Crippen LogP contribution in [0.5, 0.6) is 0 Å². The van der Waals surface area contributed by atoms with Crippen LogP contribution >= 0.6 is 21.6 Å². The second-order valence-electron chi connectivity index (χ2n) is 5.12. The molecular weight excluding hydrogens is 342 g/mol. The highest BCUT2D eigenvalue weighted by atomic mass is 33.1. The van der Waals surface area contributed by atoms with E-state index < -0.39 is 10.1 Å². The largest absolute Gasteiger partial charge is 0.326 e. The maximum atomic E-state index is 11.8. The van der Waals surface area contributed by atoms with Gasteiger partial charge in [0.1, 0.15) is 0 Å². The molecule has 0 saturated carbocycles. The topological polar surface area (TPSA) is 83.5 Å². The Hall–Kier alpha value is -0.700. The van der Waals surface area contributed by atoms with Crippen molar-refractivity contribution in [1.29, 1.82) is 0 Å². The molecule has 1 heterocycles. The van der Waals surface area contributed by atoms with Crippen molar-refractivity contribution in [1.82, 2.24) is 0 Å². The number of rotatable bonds is 7. The van der Waals surface area contributed by atoms with E-state index in [1.807, 2.05) is 21.6 Å². The molecule has 1 fully saturated rings. The Morgan fingerprint density at radius 2 is 2.00 bits per heavy atom. The van der Waals surface area contributed by atoms with Gasteiger partial charge in [0.25, 0.3) is 10.1 Å². The normalized spacial score (nSPS) is 18.3. The Labute approximate surface area is 138 Å². The van der Waals surface area contributed by atoms with Crippen molar-refractivity contribution in [3.05, 3.63) is 24.3 Å². The van der Waals surface area contributed by atoms with Gasteiger partial charge in [-0.25, -0.2) is 0 Å². The van der Waals surface area contributed by atoms with Crippen LogP contribution in [0.25, 0.3) is 0 Å². The summed E-state index contributed by atoms with van der Waals surface area (Å²) in [6.45, 7) is 0. The van der Waals surface area contributed by atoms with Gasteiger partial charge in [-0.3, -0.25) is 9.35 Å². The minimum Gasteiger partial charge on any atom is -0.326 e. The Morgan fingerprint density at radius 1 is 1.27 bits per heavy atom. The highest BCUT2D eigenvalue weighted by Crippen LogP contribution is 2.39. The number of hydrogen-bond acceptors (Lipinski definition) is 5. The highest BCUT2D eigenvalue weighted by Gasteiger charge is 2.16. The van der Waals surface area contributed by atoms with Crippen LogP contribution in [0.1, 0.15) is 32.1 Å². The molecule has 1 aliphatic heterocycles. The molecule has 1 amide bonds. The van der Waals surface area contributed by atoms with E-state index in [4.69, 9.17) is 4.55 Å². The third-order valence-corrected chi connectivity index (χ3v) is 7.22. The first kappa shape index (κ1) is 17.7. The van der Waals surface area contributed by atoms with Crippen LogP contribution in [0.3, 0.4) is 0 Å². The van der Waals surface area contributed by atoms with E-state index in [2.05, 4.69) is 5.32 Å². The molecule has 0 bridgehead atoms. The molecule has 0 unspecified atom stereocenters. The summed E-state index contributed by atoms with van der Waals surface area (Å²) < 4.78 is 30.7. The lowest BCUT2D eigenvalue weighted by molar-refractivity contribution is -0.116. The lowest BCUT2D eigenvalue weighted by atomic mass is 10.1. The summed E-state index contributed by atoms with van der Waals surface area (Å²) in [7, 11) is -0.309. The third kappa shape index (κ3) is 5.83. The minimum atomic E-state index is -4.19. The molecule has 0 aliphatic carbocycles. The van der Waals surface area contributed by atoms with E-state index in [1.54, 1.807) is 0 Å². The Bertz CT molecular complexity index is 595. The zero-order valence-corrected chi connectivity index (χ0v) is 14.5. The van der Waals surface area contributed by atoms with Crippen molar-refractivity contribution >= 4 is 43.3 Å². The van der Waals surface area contributed by atoms with Gasteiger partial charge >= 0.3 is 0 Å². The number of hydrogen-bond donors (Lipinski definition) is 2. The number of carbonyl (C=O) groups is 1. The van der Waals surface area contributed by atoms with Crippen LogP contribution in [0.4, 0.5) is 5.69 Å². The molecule has 0 spiro atoms. The van der Waals surface area contributed by atoms with E-state index in [0.29, 0.717) is 12.1 Å². The molecule has 122 valence electrons. The van der Waals surface area contributed by atoms with Gasteiger partial charge in [-0.2, -0.15) is 8.42 Å². The lowest BCUT2D eigenvalue weighted by Crippen LogP contribution is -2.11. The average Bonchev–Trinajstić information content (AvgIpc) is 2.96. The summed E-state index contributed by atoms with van der Waals surface area (Å²) in [6, 6.07) is 5.46. The van der Waals surface area contributed by atoms with Crippen LogP contribution < -0.4 is 5.32 Å². The van der Waals surface area contributed by atoms with Crippen molar-refractivity contribution < 1.29 is 17.8 Å². The monoisotopic (exact) mass is 361 g/mol. The quantitative estimate of drug-likeness (QED) is 0.439. The first-order valence-corrected chi connectivity index (χ1v) is 10.9. The zero-order valence-electron chi connectivity index (χ0n) is 12.0. The molecule has 8 heteroatoms. The first-order valence-electron chi connectivity index (χ1n) is 7.11. The Morgan fingerprint density at radius 3 is 2.59 bits per heavy atom. The molecule has 2 rings (SSSR count). The second-order valence-corrected chi connectivity index (χ2v) is 9.33. The number of amides is 1. The van der Waals surface area contributed by atoms with Gasteiger partial charge < -0.3 is 5.32 Å². The Balaban J connectivity index is 1.70. The fourth-order valence-electron chi connectivity index (χ4n) is 2.16. The maximum Gasteiger partial charge on any atom is 0.294 e. The summed E-state index contributed by atoms with van der Waals surface area (Å²) in [5, 5.41) is 3.46. The Kier molecular flexibility index (Phi) is 6.61. The SMILES string of the molecule is O=C(CCCC[C@H]1CCSS1)Nc1ccc(S(=O)(=O)O)cc1. The van der Waals surface area contributed by atoms with Crippen LogP contribution in [0, 0.1) is 0 Å². The number of benzene rings is 1. The minimum absolute atomic E-state index is 0.0759. The van der Waals surface area contributed by atoms with Gasteiger partial charge in [-0.15, -0.1) is 0 Å². The molecule has 2 N–H and O–H groups in total. The summed E-state index contributed by atoms with van der Waals surface area (Å²) in [6.07, 6.45) is 4.80. The van der Waals surface area contributed by atoms with Gasteiger partial charge in [0.15, 0.2) is 0 Å². The standard InChI is InChI=1S/C14H19NO4S3/c16-14(4-2-1-3-12-9-10-20-21-12)15-11-5-7-13(8-6-11)22(17,18)19/h5-8,12H,1-4,9-10H2,(H,15,16)(H,17,18,19)/t12-/m0/s1. The van der Waals surface area contributed by atoms with Crippen molar-refractivity contribution in [3.8, 4) is 0 Å². The summed E-state index contributed by atoms with van der Waals surface area (Å²) in [4.78, 5) is 11.6. The molecular formula is C14H19NO4S3. The number of nitrogens with one attached hydrogen (secondary N) is 1. The van der Waals surface area contributed by atoms with Crippen LogP contribution in [0.2, 0.25) is 0 Å². The number of carbonyl (C=O) groups excluding carboxylic acids is 1. The first-order chi connectivity index (χ1) is 10.4. The second kappa shape index (κ2) is 8.24. The molecule has 0 radical (unpaired) electrons. The van der Waals surface area contributed by atoms with E-state index in [0.717, 1.165) is 24.5 Å². The van der Waals surface area contributed by atoms with Gasteiger partial charge in [0.05, 0.1) is 4.90 Å². The van der Waals surface area contributed by atoms with Crippen molar-refractivity contribution in [2.24, 2.45) is 0 Å². The smallest absolute Gasteiger partial charge is 0.294 e. The highest BCUT2D eigenvalue weighted by molar-refractivity contribution is 8.77. The predicted molar refractivity (Wildman–Crippen MR) is 91.8 cm³/mol. The van der Waals surface area contributed by atoms with Gasteiger partial charge in [0, 0.05) is 23.1 Å². The van der Waals surface area contributed by atoms with Gasteiger partial charge in [0.2, 0.25) is 5.91 Å².